The lowest BCUT2D eigenvalue weighted by atomic mass is 9.99. The Morgan fingerprint density at radius 2 is 1.92 bits per heavy atom. The summed E-state index contributed by atoms with van der Waals surface area (Å²) in [7, 11) is -3.90. The van der Waals surface area contributed by atoms with Crippen molar-refractivity contribution in [2.75, 3.05) is 11.6 Å². The Balaban J connectivity index is 1.83. The van der Waals surface area contributed by atoms with E-state index in [4.69, 9.17) is 4.42 Å². The van der Waals surface area contributed by atoms with E-state index in [-0.39, 0.29) is 11.1 Å². The molecule has 1 aromatic carbocycles. The molecule has 2 N–H and O–H groups in total. The van der Waals surface area contributed by atoms with Gasteiger partial charge in [0.05, 0.1) is 23.4 Å². The third-order valence-corrected chi connectivity index (χ3v) is 6.06. The van der Waals surface area contributed by atoms with Crippen molar-refractivity contribution in [2.24, 2.45) is 0 Å². The molecule has 0 saturated heterocycles. The number of aryl methyl sites for hydroxylation is 1. The molecule has 1 unspecified atom stereocenters. The molecule has 36 heavy (non-hydrogen) atoms. The zero-order chi connectivity index (χ0) is 26.2. The number of carbonyl (C=O) groups excluding carboxylic acids is 1. The number of halogens is 1. The fourth-order valence-corrected chi connectivity index (χ4v) is 4.35. The molecule has 186 valence electrons. The number of benzene rings is 1. The first-order valence-corrected chi connectivity index (χ1v) is 12.8. The number of pyridine rings is 2. The summed E-state index contributed by atoms with van der Waals surface area (Å²) < 4.78 is 44.9. The summed E-state index contributed by atoms with van der Waals surface area (Å²) in [6.07, 6.45) is 4.03. The van der Waals surface area contributed by atoms with E-state index >= 15 is 0 Å². The second-order valence-corrected chi connectivity index (χ2v) is 10.2. The minimum atomic E-state index is -3.90. The third-order valence-electron chi connectivity index (χ3n) is 5.51. The molecule has 0 fully saturated rings. The number of hydrogen-bond donors (Lipinski definition) is 2. The zero-order valence-electron chi connectivity index (χ0n) is 19.9. The lowest BCUT2D eigenvalue weighted by molar-refractivity contribution is 0.0976. The summed E-state index contributed by atoms with van der Waals surface area (Å²) in [4.78, 5) is 33.4. The molecule has 0 aliphatic rings. The molecule has 0 radical (unpaired) electrons. The Morgan fingerprint density at radius 1 is 1.17 bits per heavy atom. The number of nitrogens with one attached hydrogen (secondary N) is 2. The van der Waals surface area contributed by atoms with Crippen LogP contribution in [-0.4, -0.2) is 30.5 Å². The van der Waals surface area contributed by atoms with Gasteiger partial charge in [0.25, 0.3) is 5.91 Å². The highest BCUT2D eigenvalue weighted by Crippen LogP contribution is 2.32. The van der Waals surface area contributed by atoms with Crippen LogP contribution in [0.2, 0.25) is 0 Å². The third kappa shape index (κ3) is 5.10. The van der Waals surface area contributed by atoms with Gasteiger partial charge in [0, 0.05) is 29.1 Å². The predicted molar refractivity (Wildman–Crippen MR) is 134 cm³/mol. The van der Waals surface area contributed by atoms with Crippen molar-refractivity contribution in [1.29, 1.82) is 0 Å². The molecule has 1 atom stereocenters. The van der Waals surface area contributed by atoms with Crippen LogP contribution in [-0.2, 0) is 10.0 Å². The molecule has 0 saturated carbocycles. The van der Waals surface area contributed by atoms with E-state index in [9.17, 15) is 22.4 Å². The van der Waals surface area contributed by atoms with Gasteiger partial charge in [0.2, 0.25) is 16.0 Å². The standard InChI is InChI=1S/C25H23FN4O5S/c1-13-10-17(15(3)28-19-7-8-20(26)29-21(19)25(32)30-36(4,33)34)24-18(11-13)22(31)14(2)23(35-24)16-6-5-9-27-12-16/h5-12,15,28H,1-4H3,(H,30,32). The Morgan fingerprint density at radius 3 is 2.58 bits per heavy atom. The highest BCUT2D eigenvalue weighted by Gasteiger charge is 2.22. The molecule has 4 aromatic rings. The number of carbonyl (C=O) groups is 1. The van der Waals surface area contributed by atoms with Gasteiger partial charge in [-0.1, -0.05) is 6.07 Å². The number of nitrogens with zero attached hydrogens (tertiary/aromatic N) is 2. The van der Waals surface area contributed by atoms with Crippen LogP contribution >= 0.6 is 0 Å². The second kappa shape index (κ2) is 9.50. The van der Waals surface area contributed by atoms with Gasteiger partial charge in [-0.15, -0.1) is 0 Å². The van der Waals surface area contributed by atoms with Crippen molar-refractivity contribution < 1.29 is 22.0 Å². The smallest absolute Gasteiger partial charge is 0.285 e. The normalized spacial score (nSPS) is 12.4. The maximum absolute atomic E-state index is 13.8. The van der Waals surface area contributed by atoms with Crippen molar-refractivity contribution in [3.63, 3.8) is 0 Å². The van der Waals surface area contributed by atoms with E-state index in [1.165, 1.54) is 6.07 Å². The van der Waals surface area contributed by atoms with Crippen molar-refractivity contribution >= 4 is 32.6 Å². The second-order valence-electron chi connectivity index (χ2n) is 8.46. The SMILES string of the molecule is Cc1cc(C(C)Nc2ccc(F)nc2C(=O)NS(C)(=O)=O)c2oc(-c3cccnc3)c(C)c(=O)c2c1. The molecular weight excluding hydrogens is 487 g/mol. The van der Waals surface area contributed by atoms with Gasteiger partial charge < -0.3 is 9.73 Å². The molecule has 4 rings (SSSR count). The van der Waals surface area contributed by atoms with Gasteiger partial charge >= 0.3 is 0 Å². The van der Waals surface area contributed by atoms with Crippen LogP contribution in [0.15, 0.2) is 58.0 Å². The number of hydrogen-bond acceptors (Lipinski definition) is 8. The Kier molecular flexibility index (Phi) is 6.59. The summed E-state index contributed by atoms with van der Waals surface area (Å²) in [6, 6.07) is 8.87. The maximum Gasteiger partial charge on any atom is 0.285 e. The van der Waals surface area contributed by atoms with E-state index in [0.29, 0.717) is 33.4 Å². The van der Waals surface area contributed by atoms with Crippen molar-refractivity contribution in [3.8, 4) is 11.3 Å². The molecule has 0 spiro atoms. The number of sulfonamides is 1. The van der Waals surface area contributed by atoms with Gasteiger partial charge in [0.15, 0.2) is 11.1 Å². The van der Waals surface area contributed by atoms with E-state index in [1.54, 1.807) is 49.2 Å². The monoisotopic (exact) mass is 510 g/mol. The van der Waals surface area contributed by atoms with Crippen LogP contribution in [0.4, 0.5) is 10.1 Å². The quantitative estimate of drug-likeness (QED) is 0.374. The van der Waals surface area contributed by atoms with Gasteiger partial charge in [-0.2, -0.15) is 4.39 Å². The van der Waals surface area contributed by atoms with Crippen LogP contribution in [0.5, 0.6) is 0 Å². The first kappa shape index (κ1) is 25.0. The molecular formula is C25H23FN4O5S. The number of aromatic nitrogens is 2. The molecule has 0 bridgehead atoms. The predicted octanol–water partition coefficient (Wildman–Crippen LogP) is 3.87. The summed E-state index contributed by atoms with van der Waals surface area (Å²) in [5.41, 5.74) is 2.31. The molecule has 0 aliphatic carbocycles. The van der Waals surface area contributed by atoms with Crippen LogP contribution in [0.3, 0.4) is 0 Å². The molecule has 11 heteroatoms. The van der Waals surface area contributed by atoms with Crippen molar-refractivity contribution in [2.45, 2.75) is 26.8 Å². The first-order chi connectivity index (χ1) is 16.9. The highest BCUT2D eigenvalue weighted by molar-refractivity contribution is 7.89. The van der Waals surface area contributed by atoms with Crippen LogP contribution < -0.4 is 15.5 Å². The summed E-state index contributed by atoms with van der Waals surface area (Å²) in [5, 5.41) is 3.46. The number of anilines is 1. The lowest BCUT2D eigenvalue weighted by Gasteiger charge is -2.20. The van der Waals surface area contributed by atoms with Crippen molar-refractivity contribution in [1.82, 2.24) is 14.7 Å². The van der Waals surface area contributed by atoms with E-state index < -0.39 is 33.6 Å². The summed E-state index contributed by atoms with van der Waals surface area (Å²) >= 11 is 0. The van der Waals surface area contributed by atoms with Gasteiger partial charge in [-0.05, 0) is 56.7 Å². The average molecular weight is 511 g/mol. The number of rotatable bonds is 6. The zero-order valence-corrected chi connectivity index (χ0v) is 20.7. The van der Waals surface area contributed by atoms with Crippen LogP contribution in [0.25, 0.3) is 22.3 Å². The van der Waals surface area contributed by atoms with Gasteiger partial charge in [-0.25, -0.2) is 18.1 Å². The summed E-state index contributed by atoms with van der Waals surface area (Å²) in [5.74, 6) is -1.65. The summed E-state index contributed by atoms with van der Waals surface area (Å²) in [6.45, 7) is 5.29. The lowest BCUT2D eigenvalue weighted by Crippen LogP contribution is -2.31. The maximum atomic E-state index is 13.8. The highest BCUT2D eigenvalue weighted by atomic mass is 32.2. The molecule has 0 aliphatic heterocycles. The minimum absolute atomic E-state index is 0.0987. The molecule has 3 heterocycles. The Hall–Kier alpha value is -4.12. The first-order valence-electron chi connectivity index (χ1n) is 10.9. The fraction of sp³-hybridized carbons (Fsp3) is 0.200. The number of amides is 1. The molecule has 3 aromatic heterocycles. The molecule has 1 amide bonds. The van der Waals surface area contributed by atoms with Crippen molar-refractivity contribution in [3.05, 3.63) is 87.3 Å². The Bertz CT molecular complexity index is 1650. The van der Waals surface area contributed by atoms with Gasteiger partial charge in [-0.3, -0.25) is 14.6 Å². The average Bonchev–Trinajstić information content (AvgIpc) is 2.81. The Labute approximate surface area is 206 Å². The van der Waals surface area contributed by atoms with Gasteiger partial charge in [0.1, 0.15) is 11.3 Å². The fourth-order valence-electron chi connectivity index (χ4n) is 3.91. The molecule has 9 nitrogen and oxygen atoms in total. The van der Waals surface area contributed by atoms with E-state index in [2.05, 4.69) is 15.3 Å². The minimum Gasteiger partial charge on any atom is -0.455 e. The van der Waals surface area contributed by atoms with Crippen LogP contribution in [0.1, 0.15) is 40.1 Å². The topological polar surface area (TPSA) is 131 Å². The van der Waals surface area contributed by atoms with Crippen LogP contribution in [0, 0.1) is 19.8 Å². The largest absolute Gasteiger partial charge is 0.455 e. The van der Waals surface area contributed by atoms with E-state index in [0.717, 1.165) is 17.9 Å². The van der Waals surface area contributed by atoms with E-state index in [1.807, 2.05) is 13.0 Å². The number of fused-ring (bicyclic) bond motifs is 1.